The van der Waals surface area contributed by atoms with Crippen molar-refractivity contribution in [1.82, 2.24) is 19.9 Å². The van der Waals surface area contributed by atoms with E-state index in [-0.39, 0.29) is 0 Å². The van der Waals surface area contributed by atoms with E-state index in [0.717, 1.165) is 33.7 Å². The van der Waals surface area contributed by atoms with Gasteiger partial charge in [0.1, 0.15) is 11.5 Å². The van der Waals surface area contributed by atoms with E-state index in [9.17, 15) is 0 Å². The van der Waals surface area contributed by atoms with Gasteiger partial charge in [-0.2, -0.15) is 0 Å². The molecule has 5 heteroatoms. The van der Waals surface area contributed by atoms with Gasteiger partial charge in [0.05, 0.1) is 17.1 Å². The van der Waals surface area contributed by atoms with E-state index in [4.69, 9.17) is 5.73 Å². The zero-order chi connectivity index (χ0) is 12.7. The van der Waals surface area contributed by atoms with E-state index >= 15 is 0 Å². The highest BCUT2D eigenvalue weighted by Gasteiger charge is 2.12. The van der Waals surface area contributed by atoms with Gasteiger partial charge in [-0.3, -0.25) is 4.98 Å². The molecule has 3 rings (SSSR count). The summed E-state index contributed by atoms with van der Waals surface area (Å²) in [4.78, 5) is 16.2. The highest BCUT2D eigenvalue weighted by Crippen LogP contribution is 2.29. The fourth-order valence-electron chi connectivity index (χ4n) is 2.05. The van der Waals surface area contributed by atoms with Crippen LogP contribution in [0.1, 0.15) is 11.4 Å². The standard InChI is InChI=1S/C13H13N5/c1-7-6-16-8(2)12(17-7)10-5-11(14)18-13-9(10)3-4-15-13/h3-6H,1-2H3,(H3,14,15,18). The number of nitrogens with one attached hydrogen (secondary N) is 1. The molecule has 0 aliphatic rings. The van der Waals surface area contributed by atoms with Crippen LogP contribution >= 0.6 is 0 Å². The molecule has 3 aromatic heterocycles. The van der Waals surface area contributed by atoms with Crippen LogP contribution in [0.25, 0.3) is 22.3 Å². The third-order valence-electron chi connectivity index (χ3n) is 2.88. The number of pyridine rings is 1. The number of anilines is 1. The van der Waals surface area contributed by atoms with Gasteiger partial charge in [-0.15, -0.1) is 0 Å². The summed E-state index contributed by atoms with van der Waals surface area (Å²) < 4.78 is 0. The average Bonchev–Trinajstić information content (AvgIpc) is 2.79. The number of rotatable bonds is 1. The van der Waals surface area contributed by atoms with Gasteiger partial charge in [0.15, 0.2) is 0 Å². The summed E-state index contributed by atoms with van der Waals surface area (Å²) in [6.07, 6.45) is 3.61. The lowest BCUT2D eigenvalue weighted by Crippen LogP contribution is -1.97. The smallest absolute Gasteiger partial charge is 0.140 e. The molecule has 3 heterocycles. The van der Waals surface area contributed by atoms with E-state index in [1.54, 1.807) is 6.20 Å². The molecule has 3 aromatic rings. The summed E-state index contributed by atoms with van der Waals surface area (Å²) in [5.41, 5.74) is 10.2. The summed E-state index contributed by atoms with van der Waals surface area (Å²) in [7, 11) is 0. The van der Waals surface area contributed by atoms with Gasteiger partial charge in [-0.05, 0) is 26.0 Å². The molecule has 5 nitrogen and oxygen atoms in total. The van der Waals surface area contributed by atoms with E-state index in [1.807, 2.05) is 32.2 Å². The average molecular weight is 239 g/mol. The van der Waals surface area contributed by atoms with Crippen molar-refractivity contribution < 1.29 is 0 Å². The second kappa shape index (κ2) is 3.80. The number of hydrogen-bond donors (Lipinski definition) is 2. The molecule has 0 aromatic carbocycles. The summed E-state index contributed by atoms with van der Waals surface area (Å²) in [5.74, 6) is 0.475. The maximum atomic E-state index is 5.83. The van der Waals surface area contributed by atoms with E-state index in [2.05, 4.69) is 19.9 Å². The second-order valence-corrected chi connectivity index (χ2v) is 4.28. The topological polar surface area (TPSA) is 80.5 Å². The van der Waals surface area contributed by atoms with Crippen LogP contribution in [0.15, 0.2) is 24.5 Å². The molecule has 0 saturated heterocycles. The van der Waals surface area contributed by atoms with Crippen LogP contribution in [-0.2, 0) is 0 Å². The number of H-pyrrole nitrogens is 1. The van der Waals surface area contributed by atoms with Gasteiger partial charge in [0.2, 0.25) is 0 Å². The Bertz CT molecular complexity index is 729. The number of fused-ring (bicyclic) bond motifs is 1. The summed E-state index contributed by atoms with van der Waals surface area (Å²) in [6, 6.07) is 3.81. The maximum absolute atomic E-state index is 5.83. The molecule has 0 saturated carbocycles. The lowest BCUT2D eigenvalue weighted by atomic mass is 10.1. The Kier molecular flexibility index (Phi) is 2.26. The zero-order valence-electron chi connectivity index (χ0n) is 10.2. The normalized spacial score (nSPS) is 11.0. The minimum Gasteiger partial charge on any atom is -0.384 e. The summed E-state index contributed by atoms with van der Waals surface area (Å²) in [6.45, 7) is 3.87. The van der Waals surface area contributed by atoms with Crippen LogP contribution in [0.3, 0.4) is 0 Å². The number of hydrogen-bond acceptors (Lipinski definition) is 4. The first-order valence-electron chi connectivity index (χ1n) is 5.69. The second-order valence-electron chi connectivity index (χ2n) is 4.28. The number of nitrogen functional groups attached to an aromatic ring is 1. The molecule has 0 bridgehead atoms. The monoisotopic (exact) mass is 239 g/mol. The summed E-state index contributed by atoms with van der Waals surface area (Å²) >= 11 is 0. The lowest BCUT2D eigenvalue weighted by Gasteiger charge is -2.07. The van der Waals surface area contributed by atoms with Crippen molar-refractivity contribution in [3.05, 3.63) is 35.9 Å². The van der Waals surface area contributed by atoms with Crippen molar-refractivity contribution in [2.24, 2.45) is 0 Å². The molecule has 0 amide bonds. The molecule has 90 valence electrons. The molecule has 0 aliphatic heterocycles. The molecule has 0 fully saturated rings. The Morgan fingerprint density at radius 1 is 1.22 bits per heavy atom. The highest BCUT2D eigenvalue weighted by molar-refractivity contribution is 5.93. The van der Waals surface area contributed by atoms with Gasteiger partial charge in [0, 0.05) is 23.3 Å². The Balaban J connectivity index is 2.37. The Hall–Kier alpha value is -2.43. The Labute approximate surface area is 104 Å². The molecule has 0 spiro atoms. The maximum Gasteiger partial charge on any atom is 0.140 e. The Morgan fingerprint density at radius 2 is 2.06 bits per heavy atom. The fraction of sp³-hybridized carbons (Fsp3) is 0.154. The van der Waals surface area contributed by atoms with Crippen molar-refractivity contribution in [2.45, 2.75) is 13.8 Å². The number of aryl methyl sites for hydroxylation is 2. The number of nitrogens with zero attached hydrogens (tertiary/aromatic N) is 3. The minimum absolute atomic E-state index is 0.475. The molecule has 18 heavy (non-hydrogen) atoms. The van der Waals surface area contributed by atoms with Crippen LogP contribution in [0.5, 0.6) is 0 Å². The van der Waals surface area contributed by atoms with Gasteiger partial charge in [-0.25, -0.2) is 9.97 Å². The number of aromatic nitrogens is 4. The predicted octanol–water partition coefficient (Wildman–Crippen LogP) is 2.22. The number of nitrogens with two attached hydrogens (primary N) is 1. The first-order chi connectivity index (χ1) is 8.65. The summed E-state index contributed by atoms with van der Waals surface area (Å²) in [5, 5.41) is 1.01. The van der Waals surface area contributed by atoms with E-state index < -0.39 is 0 Å². The highest BCUT2D eigenvalue weighted by atomic mass is 14.9. The molecule has 0 radical (unpaired) electrons. The predicted molar refractivity (Wildman–Crippen MR) is 71.0 cm³/mol. The third kappa shape index (κ3) is 1.60. The van der Waals surface area contributed by atoms with Crippen LogP contribution in [-0.4, -0.2) is 19.9 Å². The minimum atomic E-state index is 0.475. The molecule has 3 N–H and O–H groups in total. The van der Waals surface area contributed by atoms with E-state index in [0.29, 0.717) is 5.82 Å². The van der Waals surface area contributed by atoms with Gasteiger partial charge >= 0.3 is 0 Å². The van der Waals surface area contributed by atoms with Crippen LogP contribution < -0.4 is 5.73 Å². The molecule has 0 atom stereocenters. The van der Waals surface area contributed by atoms with Crippen molar-refractivity contribution in [2.75, 3.05) is 5.73 Å². The SMILES string of the molecule is Cc1cnc(C)c(-c2cc(N)nc3[nH]ccc23)n1. The molecular formula is C13H13N5. The first-order valence-corrected chi connectivity index (χ1v) is 5.69. The van der Waals surface area contributed by atoms with Gasteiger partial charge in [-0.1, -0.05) is 0 Å². The van der Waals surface area contributed by atoms with Gasteiger partial charge < -0.3 is 10.7 Å². The fourth-order valence-corrected chi connectivity index (χ4v) is 2.05. The first kappa shape index (κ1) is 10.7. The quantitative estimate of drug-likeness (QED) is 0.682. The third-order valence-corrected chi connectivity index (χ3v) is 2.88. The van der Waals surface area contributed by atoms with Crippen LogP contribution in [0.4, 0.5) is 5.82 Å². The van der Waals surface area contributed by atoms with Crippen LogP contribution in [0.2, 0.25) is 0 Å². The Morgan fingerprint density at radius 3 is 2.89 bits per heavy atom. The van der Waals surface area contributed by atoms with E-state index in [1.165, 1.54) is 0 Å². The van der Waals surface area contributed by atoms with Gasteiger partial charge in [0.25, 0.3) is 0 Å². The van der Waals surface area contributed by atoms with Crippen LogP contribution in [0, 0.1) is 13.8 Å². The molecule has 0 aliphatic carbocycles. The van der Waals surface area contributed by atoms with Crippen molar-refractivity contribution in [1.29, 1.82) is 0 Å². The molecular weight excluding hydrogens is 226 g/mol. The lowest BCUT2D eigenvalue weighted by molar-refractivity contribution is 1.07. The van der Waals surface area contributed by atoms with Crippen molar-refractivity contribution >= 4 is 16.9 Å². The largest absolute Gasteiger partial charge is 0.384 e. The molecule has 0 unspecified atom stereocenters. The van der Waals surface area contributed by atoms with Crippen molar-refractivity contribution in [3.63, 3.8) is 0 Å². The zero-order valence-corrected chi connectivity index (χ0v) is 10.2. The number of aromatic amines is 1. The van der Waals surface area contributed by atoms with Crippen molar-refractivity contribution in [3.8, 4) is 11.3 Å².